The Kier molecular flexibility index (Phi) is 3.89. The number of likely N-dealkylation sites (N-methyl/N-ethyl adjacent to an activating group) is 1. The number of hydrogen-bond donors (Lipinski definition) is 0. The molecule has 0 bridgehead atoms. The van der Waals surface area contributed by atoms with Crippen LogP contribution in [0.3, 0.4) is 0 Å². The molecule has 1 aromatic carbocycles. The van der Waals surface area contributed by atoms with Gasteiger partial charge >= 0.3 is 0 Å². The predicted octanol–water partition coefficient (Wildman–Crippen LogP) is 4.14. The lowest BCUT2D eigenvalue weighted by molar-refractivity contribution is 0.308. The number of rotatable bonds is 3. The van der Waals surface area contributed by atoms with Gasteiger partial charge in [0.25, 0.3) is 0 Å². The SMILES string of the molecule is Cc1ccc2c(c1)c1c(n2CC(C)c2ccncc2)CCN(C)C1. The zero-order valence-electron chi connectivity index (χ0n) is 14.8. The van der Waals surface area contributed by atoms with E-state index in [1.54, 1.807) is 0 Å². The molecule has 3 heteroatoms. The number of benzene rings is 1. The van der Waals surface area contributed by atoms with E-state index < -0.39 is 0 Å². The molecule has 1 aliphatic heterocycles. The van der Waals surface area contributed by atoms with Gasteiger partial charge in [0.2, 0.25) is 0 Å². The van der Waals surface area contributed by atoms with E-state index in [0.29, 0.717) is 5.92 Å². The first kappa shape index (κ1) is 15.4. The molecule has 0 radical (unpaired) electrons. The molecule has 1 unspecified atom stereocenters. The molecule has 1 atom stereocenters. The van der Waals surface area contributed by atoms with Crippen LogP contribution in [0.5, 0.6) is 0 Å². The van der Waals surface area contributed by atoms with Gasteiger partial charge in [-0.05, 0) is 55.3 Å². The molecule has 2 aromatic heterocycles. The Morgan fingerprint density at radius 3 is 2.75 bits per heavy atom. The van der Waals surface area contributed by atoms with E-state index in [2.05, 4.69) is 65.7 Å². The predicted molar refractivity (Wildman–Crippen MR) is 99.4 cm³/mol. The molecule has 0 aliphatic carbocycles. The van der Waals surface area contributed by atoms with Gasteiger partial charge in [0.15, 0.2) is 0 Å². The van der Waals surface area contributed by atoms with Crippen molar-refractivity contribution in [3.8, 4) is 0 Å². The summed E-state index contributed by atoms with van der Waals surface area (Å²) in [5.41, 5.74) is 7.17. The Hall–Kier alpha value is -2.13. The van der Waals surface area contributed by atoms with Gasteiger partial charge in [0, 0.05) is 55.0 Å². The zero-order valence-corrected chi connectivity index (χ0v) is 14.8. The van der Waals surface area contributed by atoms with Gasteiger partial charge in [0.05, 0.1) is 0 Å². The molecule has 24 heavy (non-hydrogen) atoms. The highest BCUT2D eigenvalue weighted by molar-refractivity contribution is 5.86. The molecule has 4 rings (SSSR count). The largest absolute Gasteiger partial charge is 0.344 e. The van der Waals surface area contributed by atoms with E-state index in [-0.39, 0.29) is 0 Å². The minimum absolute atomic E-state index is 0.480. The summed E-state index contributed by atoms with van der Waals surface area (Å²) in [7, 11) is 2.22. The molecule has 0 amide bonds. The van der Waals surface area contributed by atoms with Crippen molar-refractivity contribution in [3.63, 3.8) is 0 Å². The Balaban J connectivity index is 1.80. The van der Waals surface area contributed by atoms with Crippen LogP contribution in [-0.4, -0.2) is 28.0 Å². The molecule has 0 fully saturated rings. The smallest absolute Gasteiger partial charge is 0.0486 e. The minimum Gasteiger partial charge on any atom is -0.344 e. The maximum Gasteiger partial charge on any atom is 0.0486 e. The van der Waals surface area contributed by atoms with Crippen molar-refractivity contribution in [2.45, 2.75) is 39.3 Å². The van der Waals surface area contributed by atoms with Gasteiger partial charge in [-0.3, -0.25) is 4.98 Å². The van der Waals surface area contributed by atoms with E-state index in [1.807, 2.05) is 12.4 Å². The summed E-state index contributed by atoms with van der Waals surface area (Å²) in [5.74, 6) is 0.480. The second kappa shape index (κ2) is 6.06. The third-order valence-electron chi connectivity index (χ3n) is 5.33. The van der Waals surface area contributed by atoms with E-state index >= 15 is 0 Å². The highest BCUT2D eigenvalue weighted by atomic mass is 15.1. The number of aryl methyl sites for hydroxylation is 1. The van der Waals surface area contributed by atoms with Crippen LogP contribution >= 0.6 is 0 Å². The van der Waals surface area contributed by atoms with Gasteiger partial charge in [-0.25, -0.2) is 0 Å². The van der Waals surface area contributed by atoms with Gasteiger partial charge in [-0.1, -0.05) is 18.6 Å². The number of aromatic nitrogens is 2. The second-order valence-electron chi connectivity index (χ2n) is 7.23. The topological polar surface area (TPSA) is 21.1 Å². The normalized spacial score (nSPS) is 16.3. The van der Waals surface area contributed by atoms with Crippen molar-refractivity contribution in [1.82, 2.24) is 14.5 Å². The van der Waals surface area contributed by atoms with E-state index in [1.165, 1.54) is 33.3 Å². The summed E-state index contributed by atoms with van der Waals surface area (Å²) in [6.07, 6.45) is 4.93. The van der Waals surface area contributed by atoms with Crippen LogP contribution in [-0.2, 0) is 19.5 Å². The van der Waals surface area contributed by atoms with Crippen molar-refractivity contribution in [2.75, 3.05) is 13.6 Å². The van der Waals surface area contributed by atoms with Crippen LogP contribution in [0, 0.1) is 6.92 Å². The first-order valence-electron chi connectivity index (χ1n) is 8.82. The molecule has 0 N–H and O–H groups in total. The first-order valence-corrected chi connectivity index (χ1v) is 8.82. The molecule has 0 saturated heterocycles. The van der Waals surface area contributed by atoms with Crippen molar-refractivity contribution >= 4 is 10.9 Å². The molecular weight excluding hydrogens is 294 g/mol. The molecule has 1 aliphatic rings. The molecule has 0 spiro atoms. The van der Waals surface area contributed by atoms with Crippen LogP contribution in [0.15, 0.2) is 42.7 Å². The lowest BCUT2D eigenvalue weighted by Gasteiger charge is -2.25. The van der Waals surface area contributed by atoms with E-state index in [9.17, 15) is 0 Å². The van der Waals surface area contributed by atoms with Crippen LogP contribution in [0.2, 0.25) is 0 Å². The number of hydrogen-bond acceptors (Lipinski definition) is 2. The summed E-state index contributed by atoms with van der Waals surface area (Å²) >= 11 is 0. The fourth-order valence-electron chi connectivity index (χ4n) is 3.98. The summed E-state index contributed by atoms with van der Waals surface area (Å²) < 4.78 is 2.57. The molecule has 124 valence electrons. The molecule has 3 aromatic rings. The maximum atomic E-state index is 4.15. The summed E-state index contributed by atoms with van der Waals surface area (Å²) in [5, 5.41) is 1.44. The second-order valence-corrected chi connectivity index (χ2v) is 7.23. The van der Waals surface area contributed by atoms with Crippen LogP contribution in [0.25, 0.3) is 10.9 Å². The quantitative estimate of drug-likeness (QED) is 0.723. The van der Waals surface area contributed by atoms with Gasteiger partial charge in [0.1, 0.15) is 0 Å². The van der Waals surface area contributed by atoms with Crippen LogP contribution in [0.1, 0.15) is 35.2 Å². The van der Waals surface area contributed by atoms with Crippen LogP contribution < -0.4 is 0 Å². The van der Waals surface area contributed by atoms with Crippen molar-refractivity contribution in [3.05, 3.63) is 65.1 Å². The van der Waals surface area contributed by atoms with Crippen molar-refractivity contribution < 1.29 is 0 Å². The summed E-state index contributed by atoms with van der Waals surface area (Å²) in [6, 6.07) is 11.2. The Bertz CT molecular complexity index is 864. The van der Waals surface area contributed by atoms with E-state index in [4.69, 9.17) is 0 Å². The lowest BCUT2D eigenvalue weighted by Crippen LogP contribution is -2.27. The number of fused-ring (bicyclic) bond motifs is 3. The Labute approximate surface area is 143 Å². The maximum absolute atomic E-state index is 4.15. The van der Waals surface area contributed by atoms with E-state index in [0.717, 1.165) is 26.1 Å². The molecular formula is C21H25N3. The zero-order chi connectivity index (χ0) is 16.7. The summed E-state index contributed by atoms with van der Waals surface area (Å²) in [6.45, 7) is 7.74. The third-order valence-corrected chi connectivity index (χ3v) is 5.33. The number of nitrogens with zero attached hydrogens (tertiary/aromatic N) is 3. The molecule has 3 nitrogen and oxygen atoms in total. The highest BCUT2D eigenvalue weighted by Gasteiger charge is 2.23. The Morgan fingerprint density at radius 1 is 1.17 bits per heavy atom. The molecule has 0 saturated carbocycles. The van der Waals surface area contributed by atoms with Crippen LogP contribution in [0.4, 0.5) is 0 Å². The number of pyridine rings is 1. The molecule has 3 heterocycles. The first-order chi connectivity index (χ1) is 11.6. The standard InChI is InChI=1S/C21H25N3/c1-15-4-5-20-18(12-15)19-14-23(3)11-8-21(19)24(20)13-16(2)17-6-9-22-10-7-17/h4-7,9-10,12,16H,8,11,13-14H2,1-3H3. The lowest BCUT2D eigenvalue weighted by atomic mass is 10.0. The third kappa shape index (κ3) is 2.63. The highest BCUT2D eigenvalue weighted by Crippen LogP contribution is 2.33. The fraction of sp³-hybridized carbons (Fsp3) is 0.381. The van der Waals surface area contributed by atoms with Gasteiger partial charge in [-0.15, -0.1) is 0 Å². The average Bonchev–Trinajstić information content (AvgIpc) is 2.88. The monoisotopic (exact) mass is 319 g/mol. The van der Waals surface area contributed by atoms with Gasteiger partial charge < -0.3 is 9.47 Å². The van der Waals surface area contributed by atoms with Gasteiger partial charge in [-0.2, -0.15) is 0 Å². The minimum atomic E-state index is 0.480. The fourth-order valence-corrected chi connectivity index (χ4v) is 3.98. The van der Waals surface area contributed by atoms with Crippen molar-refractivity contribution in [1.29, 1.82) is 0 Å². The Morgan fingerprint density at radius 2 is 1.96 bits per heavy atom. The van der Waals surface area contributed by atoms with Crippen molar-refractivity contribution in [2.24, 2.45) is 0 Å². The average molecular weight is 319 g/mol. The summed E-state index contributed by atoms with van der Waals surface area (Å²) in [4.78, 5) is 6.58.